The zero-order valence-electron chi connectivity index (χ0n) is 12.8. The van der Waals surface area contributed by atoms with Crippen molar-refractivity contribution in [3.8, 4) is 11.8 Å². The first-order chi connectivity index (χ1) is 10.1. The molecule has 0 spiro atoms. The predicted octanol–water partition coefficient (Wildman–Crippen LogP) is 3.10. The van der Waals surface area contributed by atoms with E-state index in [9.17, 15) is 4.79 Å². The Labute approximate surface area is 130 Å². The van der Waals surface area contributed by atoms with Crippen molar-refractivity contribution in [1.82, 2.24) is 5.32 Å². The van der Waals surface area contributed by atoms with E-state index in [4.69, 9.17) is 5.11 Å². The molecule has 21 heavy (non-hydrogen) atoms. The van der Waals surface area contributed by atoms with Crippen molar-refractivity contribution in [1.29, 1.82) is 0 Å². The molecule has 1 aromatic rings. The van der Waals surface area contributed by atoms with Gasteiger partial charge >= 0.3 is 0 Å². The molecule has 0 aromatic carbocycles. The average molecular weight is 305 g/mol. The number of aliphatic hydroxyl groups excluding tert-OH is 1. The molecule has 3 nitrogen and oxygen atoms in total. The van der Waals surface area contributed by atoms with Gasteiger partial charge in [0.05, 0.1) is 16.4 Å². The van der Waals surface area contributed by atoms with Crippen LogP contribution in [0.15, 0.2) is 6.07 Å². The van der Waals surface area contributed by atoms with Crippen molar-refractivity contribution in [2.45, 2.75) is 46.0 Å². The minimum Gasteiger partial charge on any atom is -0.395 e. The Bertz CT molecular complexity index is 561. The summed E-state index contributed by atoms with van der Waals surface area (Å²) in [5.41, 5.74) is 1.41. The molecule has 4 heteroatoms. The van der Waals surface area contributed by atoms with Crippen molar-refractivity contribution in [3.63, 3.8) is 0 Å². The van der Waals surface area contributed by atoms with Crippen LogP contribution in [0.2, 0.25) is 0 Å². The number of rotatable bonds is 6. The first kappa shape index (κ1) is 16.1. The molecular formula is C17H23NO2S. The monoisotopic (exact) mass is 305 g/mol. The topological polar surface area (TPSA) is 49.3 Å². The first-order valence-corrected chi connectivity index (χ1v) is 8.40. The zero-order chi connectivity index (χ0) is 15.3. The first-order valence-electron chi connectivity index (χ1n) is 7.58. The van der Waals surface area contributed by atoms with Crippen LogP contribution in [0, 0.1) is 24.2 Å². The van der Waals surface area contributed by atoms with Crippen molar-refractivity contribution >= 4 is 17.2 Å². The van der Waals surface area contributed by atoms with Gasteiger partial charge in [-0.2, -0.15) is 0 Å². The van der Waals surface area contributed by atoms with E-state index in [1.165, 1.54) is 37.0 Å². The van der Waals surface area contributed by atoms with Gasteiger partial charge < -0.3 is 10.4 Å². The van der Waals surface area contributed by atoms with Crippen molar-refractivity contribution in [2.75, 3.05) is 13.2 Å². The molecule has 1 fully saturated rings. The summed E-state index contributed by atoms with van der Waals surface area (Å²) in [6, 6.07) is 1.91. The van der Waals surface area contributed by atoms with Crippen LogP contribution in [0.4, 0.5) is 0 Å². The number of nitrogens with one attached hydrogen (secondary N) is 1. The van der Waals surface area contributed by atoms with Crippen LogP contribution >= 0.6 is 11.3 Å². The molecule has 1 amide bonds. The highest BCUT2D eigenvalue weighted by molar-refractivity contribution is 7.14. The molecule has 0 bridgehead atoms. The minimum absolute atomic E-state index is 0.0145. The van der Waals surface area contributed by atoms with Crippen LogP contribution < -0.4 is 5.32 Å². The molecule has 1 heterocycles. The Morgan fingerprint density at radius 3 is 2.90 bits per heavy atom. The second-order valence-corrected chi connectivity index (χ2v) is 6.88. The average Bonchev–Trinajstić information content (AvgIpc) is 3.13. The summed E-state index contributed by atoms with van der Waals surface area (Å²) in [4.78, 5) is 13.9. The third-order valence-electron chi connectivity index (χ3n) is 3.94. The molecule has 0 aliphatic heterocycles. The Kier molecular flexibility index (Phi) is 5.44. The summed E-state index contributed by atoms with van der Waals surface area (Å²) in [5, 5.41) is 11.8. The maximum absolute atomic E-state index is 12.2. The molecule has 1 aliphatic rings. The standard InChI is InChI=1S/C17H23NO2S/c1-3-7-17(8-9-17)12-18-16(20)15-11-13(2)14(21-15)6-4-5-10-19/h11,19H,3,5,7-10,12H2,1-2H3,(H,18,20). The maximum atomic E-state index is 12.2. The van der Waals surface area contributed by atoms with Crippen LogP contribution in [0.25, 0.3) is 0 Å². The van der Waals surface area contributed by atoms with E-state index in [0.29, 0.717) is 11.8 Å². The van der Waals surface area contributed by atoms with Crippen molar-refractivity contribution in [2.24, 2.45) is 5.41 Å². The van der Waals surface area contributed by atoms with Crippen LogP contribution in [-0.2, 0) is 0 Å². The van der Waals surface area contributed by atoms with Gasteiger partial charge in [-0.15, -0.1) is 11.3 Å². The van der Waals surface area contributed by atoms with Gasteiger partial charge in [0.2, 0.25) is 0 Å². The zero-order valence-corrected chi connectivity index (χ0v) is 13.6. The second-order valence-electron chi connectivity index (χ2n) is 5.83. The number of hydrogen-bond acceptors (Lipinski definition) is 3. The highest BCUT2D eigenvalue weighted by Gasteiger charge is 2.41. The van der Waals surface area contributed by atoms with Crippen LogP contribution in [0.1, 0.15) is 59.1 Å². The molecule has 1 aromatic heterocycles. The molecule has 1 saturated carbocycles. The Hall–Kier alpha value is -1.31. The lowest BCUT2D eigenvalue weighted by Gasteiger charge is -2.14. The van der Waals surface area contributed by atoms with E-state index in [1.54, 1.807) is 0 Å². The smallest absolute Gasteiger partial charge is 0.261 e. The Balaban J connectivity index is 1.94. The number of hydrogen-bond donors (Lipinski definition) is 2. The number of carbonyl (C=O) groups excluding carboxylic acids is 1. The van der Waals surface area contributed by atoms with Gasteiger partial charge in [-0.05, 0) is 43.2 Å². The molecule has 0 saturated heterocycles. The maximum Gasteiger partial charge on any atom is 0.261 e. The number of thiophene rings is 1. The van der Waals surface area contributed by atoms with Crippen LogP contribution in [0.3, 0.4) is 0 Å². The van der Waals surface area contributed by atoms with Crippen LogP contribution in [-0.4, -0.2) is 24.2 Å². The van der Waals surface area contributed by atoms with Gasteiger partial charge in [0.15, 0.2) is 0 Å². The third kappa shape index (κ3) is 4.33. The largest absolute Gasteiger partial charge is 0.395 e. The summed E-state index contributed by atoms with van der Waals surface area (Å²) in [5.74, 6) is 5.94. The van der Waals surface area contributed by atoms with Gasteiger partial charge in [0, 0.05) is 13.0 Å². The van der Waals surface area contributed by atoms with Crippen LogP contribution in [0.5, 0.6) is 0 Å². The predicted molar refractivity (Wildman–Crippen MR) is 86.5 cm³/mol. The summed E-state index contributed by atoms with van der Waals surface area (Å²) < 4.78 is 0. The fourth-order valence-electron chi connectivity index (χ4n) is 2.49. The molecule has 0 atom stereocenters. The molecule has 0 radical (unpaired) electrons. The Morgan fingerprint density at radius 2 is 2.29 bits per heavy atom. The number of amides is 1. The summed E-state index contributed by atoms with van der Waals surface area (Å²) in [6.45, 7) is 5.03. The molecule has 114 valence electrons. The fourth-order valence-corrected chi connectivity index (χ4v) is 3.46. The van der Waals surface area contributed by atoms with Crippen molar-refractivity contribution in [3.05, 3.63) is 21.4 Å². The molecule has 2 rings (SSSR count). The van der Waals surface area contributed by atoms with Gasteiger partial charge in [-0.1, -0.05) is 25.2 Å². The van der Waals surface area contributed by atoms with Gasteiger partial charge in [0.1, 0.15) is 0 Å². The lowest BCUT2D eigenvalue weighted by molar-refractivity contribution is 0.0947. The SMILES string of the molecule is CCCC1(CNC(=O)c2cc(C)c(C#CCCO)s2)CC1. The van der Waals surface area contributed by atoms with Gasteiger partial charge in [0.25, 0.3) is 5.91 Å². The lowest BCUT2D eigenvalue weighted by Crippen LogP contribution is -2.29. The lowest BCUT2D eigenvalue weighted by atomic mass is 10.0. The molecule has 1 aliphatic carbocycles. The highest BCUT2D eigenvalue weighted by atomic mass is 32.1. The van der Waals surface area contributed by atoms with E-state index in [2.05, 4.69) is 24.1 Å². The normalized spacial score (nSPS) is 15.2. The highest BCUT2D eigenvalue weighted by Crippen LogP contribution is 2.48. The minimum atomic E-state index is 0.0145. The third-order valence-corrected chi connectivity index (χ3v) is 5.09. The Morgan fingerprint density at radius 1 is 1.52 bits per heavy atom. The number of aryl methyl sites for hydroxylation is 1. The molecule has 0 unspecified atom stereocenters. The summed E-state index contributed by atoms with van der Waals surface area (Å²) in [6.07, 6.45) is 5.33. The quantitative estimate of drug-likeness (QED) is 0.793. The second kappa shape index (κ2) is 7.11. The van der Waals surface area contributed by atoms with E-state index < -0.39 is 0 Å². The molecule has 2 N–H and O–H groups in total. The summed E-state index contributed by atoms with van der Waals surface area (Å²) in [7, 11) is 0. The fraction of sp³-hybridized carbons (Fsp3) is 0.588. The van der Waals surface area contributed by atoms with E-state index in [1.807, 2.05) is 13.0 Å². The van der Waals surface area contributed by atoms with E-state index in [0.717, 1.165) is 21.9 Å². The van der Waals surface area contributed by atoms with Gasteiger partial charge in [-0.3, -0.25) is 4.79 Å². The van der Waals surface area contributed by atoms with Gasteiger partial charge in [-0.25, -0.2) is 0 Å². The number of aliphatic hydroxyl groups is 1. The number of carbonyl (C=O) groups is 1. The van der Waals surface area contributed by atoms with Crippen molar-refractivity contribution < 1.29 is 9.90 Å². The van der Waals surface area contributed by atoms with E-state index in [-0.39, 0.29) is 12.5 Å². The molecular weight excluding hydrogens is 282 g/mol. The van der Waals surface area contributed by atoms with E-state index >= 15 is 0 Å². The summed E-state index contributed by atoms with van der Waals surface area (Å²) >= 11 is 1.44.